The molecule has 4 nitrogen and oxygen atoms in total. The monoisotopic (exact) mass is 234 g/mol. The SMILES string of the molecule is CN1CCNCC1.O=S(=O)(Cl)Cl. The molecule has 0 atom stereocenters. The minimum atomic E-state index is -3.72. The number of halogens is 2. The molecule has 0 aromatic carbocycles. The van der Waals surface area contributed by atoms with Gasteiger partial charge in [-0.3, -0.25) is 0 Å². The molecule has 0 bridgehead atoms. The molecule has 0 aromatic rings. The summed E-state index contributed by atoms with van der Waals surface area (Å²) in [6.45, 7) is 4.74. The molecular weight excluding hydrogens is 223 g/mol. The Balaban J connectivity index is 0.000000217. The lowest BCUT2D eigenvalue weighted by molar-refractivity contribution is 0.291. The van der Waals surface area contributed by atoms with Crippen LogP contribution in [0.3, 0.4) is 0 Å². The minimum absolute atomic E-state index is 1.16. The maximum Gasteiger partial charge on any atom is 0.317 e. The maximum atomic E-state index is 9.16. The number of hydrogen-bond donors (Lipinski definition) is 1. The number of hydrogen-bond acceptors (Lipinski definition) is 4. The van der Waals surface area contributed by atoms with Crippen LogP contribution < -0.4 is 5.32 Å². The summed E-state index contributed by atoms with van der Waals surface area (Å²) >= 11 is 0. The van der Waals surface area contributed by atoms with E-state index in [-0.39, 0.29) is 0 Å². The van der Waals surface area contributed by atoms with Gasteiger partial charge in [-0.2, -0.15) is 8.42 Å². The Kier molecular flexibility index (Phi) is 6.21. The summed E-state index contributed by atoms with van der Waals surface area (Å²) in [5.74, 6) is 0. The second-order valence-corrected chi connectivity index (χ2v) is 6.10. The van der Waals surface area contributed by atoms with E-state index in [9.17, 15) is 0 Å². The first kappa shape index (κ1) is 12.4. The molecule has 1 aliphatic rings. The van der Waals surface area contributed by atoms with Gasteiger partial charge in [0.05, 0.1) is 0 Å². The molecule has 1 saturated heterocycles. The molecule has 0 radical (unpaired) electrons. The summed E-state index contributed by atoms with van der Waals surface area (Å²) in [4.78, 5) is 2.33. The lowest BCUT2D eigenvalue weighted by Crippen LogP contribution is -2.40. The van der Waals surface area contributed by atoms with Gasteiger partial charge in [0.1, 0.15) is 0 Å². The highest BCUT2D eigenvalue weighted by molar-refractivity contribution is 8.31. The van der Waals surface area contributed by atoms with Gasteiger partial charge < -0.3 is 10.2 Å². The van der Waals surface area contributed by atoms with Crippen LogP contribution in [0.25, 0.3) is 0 Å². The normalized spacial score (nSPS) is 19.6. The van der Waals surface area contributed by atoms with Crippen LogP contribution in [0.5, 0.6) is 0 Å². The average Bonchev–Trinajstić information content (AvgIpc) is 1.85. The number of rotatable bonds is 0. The molecule has 0 amide bonds. The molecule has 1 fully saturated rings. The van der Waals surface area contributed by atoms with Crippen LogP contribution in [0.15, 0.2) is 0 Å². The van der Waals surface area contributed by atoms with Crippen LogP contribution >= 0.6 is 21.4 Å². The summed E-state index contributed by atoms with van der Waals surface area (Å²) < 4.78 is 18.3. The smallest absolute Gasteiger partial charge is 0.314 e. The van der Waals surface area contributed by atoms with Crippen LogP contribution in [-0.2, 0) is 8.26 Å². The molecule has 1 N–H and O–H groups in total. The topological polar surface area (TPSA) is 49.4 Å². The fraction of sp³-hybridized carbons (Fsp3) is 1.00. The molecule has 1 heterocycles. The highest BCUT2D eigenvalue weighted by Crippen LogP contribution is 1.98. The van der Waals surface area contributed by atoms with E-state index in [1.54, 1.807) is 0 Å². The first-order valence-corrected chi connectivity index (χ1v) is 6.56. The molecule has 1 aliphatic heterocycles. The minimum Gasteiger partial charge on any atom is -0.314 e. The zero-order valence-electron chi connectivity index (χ0n) is 6.76. The first-order chi connectivity index (χ1) is 5.39. The Hall–Kier alpha value is 0.450. The average molecular weight is 235 g/mol. The van der Waals surface area contributed by atoms with Crippen molar-refractivity contribution in [3.63, 3.8) is 0 Å². The molecule has 0 aromatic heterocycles. The Morgan fingerprint density at radius 3 is 1.75 bits per heavy atom. The molecule has 0 aliphatic carbocycles. The van der Waals surface area contributed by atoms with E-state index in [2.05, 4.69) is 38.6 Å². The quantitative estimate of drug-likeness (QED) is 0.610. The lowest BCUT2D eigenvalue weighted by Gasteiger charge is -2.21. The second-order valence-electron chi connectivity index (χ2n) is 2.43. The van der Waals surface area contributed by atoms with Crippen molar-refractivity contribution in [3.05, 3.63) is 0 Å². The van der Waals surface area contributed by atoms with Crippen molar-refractivity contribution in [2.24, 2.45) is 0 Å². The summed E-state index contributed by atoms with van der Waals surface area (Å²) in [6, 6.07) is 0. The van der Waals surface area contributed by atoms with Crippen molar-refractivity contribution in [2.45, 2.75) is 0 Å². The van der Waals surface area contributed by atoms with Gasteiger partial charge in [0.15, 0.2) is 0 Å². The maximum absolute atomic E-state index is 9.16. The van der Waals surface area contributed by atoms with Gasteiger partial charge in [0.2, 0.25) is 0 Å². The van der Waals surface area contributed by atoms with Gasteiger partial charge in [-0.15, -0.1) is 0 Å². The zero-order chi connectivity index (χ0) is 9.61. The standard InChI is InChI=1S/C5H12N2.Cl2O2S/c1-7-4-2-6-3-5-7;1-5(2,3)4/h6H,2-5H2,1H3;. The van der Waals surface area contributed by atoms with E-state index in [0.717, 1.165) is 13.1 Å². The van der Waals surface area contributed by atoms with Gasteiger partial charge >= 0.3 is 8.26 Å². The van der Waals surface area contributed by atoms with E-state index >= 15 is 0 Å². The molecule has 7 heteroatoms. The van der Waals surface area contributed by atoms with Crippen molar-refractivity contribution < 1.29 is 8.42 Å². The number of nitrogens with one attached hydrogen (secondary N) is 1. The van der Waals surface area contributed by atoms with Gasteiger partial charge in [-0.1, -0.05) is 0 Å². The molecule has 0 unspecified atom stereocenters. The predicted molar refractivity (Wildman–Crippen MR) is 51.0 cm³/mol. The van der Waals surface area contributed by atoms with Crippen LogP contribution in [0.2, 0.25) is 0 Å². The van der Waals surface area contributed by atoms with Crippen molar-refractivity contribution >= 4 is 29.6 Å². The summed E-state index contributed by atoms with van der Waals surface area (Å²) in [7, 11) is 6.97. The largest absolute Gasteiger partial charge is 0.317 e. The van der Waals surface area contributed by atoms with Gasteiger partial charge in [0, 0.05) is 47.5 Å². The van der Waals surface area contributed by atoms with Crippen LogP contribution in [0.1, 0.15) is 0 Å². The van der Waals surface area contributed by atoms with Crippen molar-refractivity contribution in [3.8, 4) is 0 Å². The number of nitrogens with zero attached hydrogens (tertiary/aromatic N) is 1. The molecule has 0 saturated carbocycles. The van der Waals surface area contributed by atoms with E-state index in [1.807, 2.05) is 0 Å². The zero-order valence-corrected chi connectivity index (χ0v) is 9.08. The summed E-state index contributed by atoms with van der Waals surface area (Å²) in [6.07, 6.45) is 0. The third kappa shape index (κ3) is 13.1. The van der Waals surface area contributed by atoms with Gasteiger partial charge in [0.25, 0.3) is 0 Å². The van der Waals surface area contributed by atoms with Gasteiger partial charge in [-0.05, 0) is 7.05 Å². The highest BCUT2D eigenvalue weighted by atomic mass is 36.0. The third-order valence-corrected chi connectivity index (χ3v) is 1.34. The van der Waals surface area contributed by atoms with Crippen molar-refractivity contribution in [1.29, 1.82) is 0 Å². The van der Waals surface area contributed by atoms with E-state index in [4.69, 9.17) is 8.42 Å². The fourth-order valence-electron chi connectivity index (χ4n) is 0.777. The Morgan fingerprint density at radius 1 is 1.25 bits per heavy atom. The van der Waals surface area contributed by atoms with Crippen LogP contribution in [0.4, 0.5) is 0 Å². The third-order valence-electron chi connectivity index (χ3n) is 1.34. The molecular formula is C5H12Cl2N2O2S. The Bertz CT molecular complexity index is 193. The number of likely N-dealkylation sites (N-methyl/N-ethyl adjacent to an activating group) is 1. The first-order valence-electron chi connectivity index (χ1n) is 3.43. The summed E-state index contributed by atoms with van der Waals surface area (Å²) in [5, 5.41) is 3.27. The number of piperazine rings is 1. The highest BCUT2D eigenvalue weighted by Gasteiger charge is 2.01. The molecule has 1 rings (SSSR count). The van der Waals surface area contributed by atoms with Gasteiger partial charge in [-0.25, -0.2) is 0 Å². The van der Waals surface area contributed by atoms with Crippen molar-refractivity contribution in [1.82, 2.24) is 10.2 Å². The Morgan fingerprint density at radius 2 is 1.58 bits per heavy atom. The predicted octanol–water partition coefficient (Wildman–Crippen LogP) is 0.230. The van der Waals surface area contributed by atoms with Crippen LogP contribution in [-0.4, -0.2) is 46.5 Å². The Labute approximate surface area is 81.7 Å². The van der Waals surface area contributed by atoms with E-state index in [0.29, 0.717) is 0 Å². The molecule has 12 heavy (non-hydrogen) atoms. The molecule has 0 spiro atoms. The van der Waals surface area contributed by atoms with Crippen molar-refractivity contribution in [2.75, 3.05) is 33.2 Å². The van der Waals surface area contributed by atoms with Crippen LogP contribution in [0, 0.1) is 0 Å². The summed E-state index contributed by atoms with van der Waals surface area (Å²) in [5.41, 5.74) is 0. The van der Waals surface area contributed by atoms with E-state index in [1.165, 1.54) is 13.1 Å². The molecule has 74 valence electrons. The lowest BCUT2D eigenvalue weighted by atomic mass is 10.4. The second kappa shape index (κ2) is 5.99. The van der Waals surface area contributed by atoms with E-state index < -0.39 is 8.26 Å². The fourth-order valence-corrected chi connectivity index (χ4v) is 0.777.